The quantitative estimate of drug-likeness (QED) is 0.847. The Morgan fingerprint density at radius 3 is 2.45 bits per heavy atom. The molecule has 1 aromatic carbocycles. The Hall–Kier alpha value is -1.21. The highest BCUT2D eigenvalue weighted by atomic mass is 32.2. The number of carbonyl (C=O) groups excluding carboxylic acids is 1. The summed E-state index contributed by atoms with van der Waals surface area (Å²) in [5.74, 6) is 0.313. The summed E-state index contributed by atoms with van der Waals surface area (Å²) in [6, 6.07) is 5.50. The Morgan fingerprint density at radius 2 is 1.86 bits per heavy atom. The van der Waals surface area contributed by atoms with E-state index in [2.05, 4.69) is 0 Å². The van der Waals surface area contributed by atoms with Crippen molar-refractivity contribution in [2.75, 3.05) is 13.1 Å². The number of alkyl halides is 3. The summed E-state index contributed by atoms with van der Waals surface area (Å²) < 4.78 is 36.8. The Morgan fingerprint density at radius 1 is 1.18 bits per heavy atom. The number of rotatable bonds is 2. The minimum Gasteiger partial charge on any atom is -0.393 e. The van der Waals surface area contributed by atoms with Gasteiger partial charge in [0.1, 0.15) is 0 Å². The van der Waals surface area contributed by atoms with E-state index in [0.29, 0.717) is 24.6 Å². The predicted octanol–water partition coefficient (Wildman–Crippen LogP) is 3.14. The van der Waals surface area contributed by atoms with E-state index in [4.69, 9.17) is 0 Å². The number of nitrogens with zero attached hydrogens (tertiary/aromatic N) is 1. The standard InChI is InChI=1S/C15H16F3NO2S/c16-15(17,18)22-11-4-1-9(2-5-11)14(21)19-7-10-3-6-13(20)12(10)8-19/h1-2,4-5,10,12-13,20H,3,6-8H2/t10-,12-,13+/m0/s1. The van der Waals surface area contributed by atoms with Crippen LogP contribution in [-0.4, -0.2) is 40.6 Å². The molecule has 1 aromatic rings. The summed E-state index contributed by atoms with van der Waals surface area (Å²) in [4.78, 5) is 14.2. The van der Waals surface area contributed by atoms with E-state index >= 15 is 0 Å². The zero-order valence-corrected chi connectivity index (χ0v) is 12.5. The van der Waals surface area contributed by atoms with Crippen LogP contribution in [0.3, 0.4) is 0 Å². The van der Waals surface area contributed by atoms with Gasteiger partial charge in [0, 0.05) is 29.5 Å². The molecule has 0 spiro atoms. The molecule has 1 aliphatic heterocycles. The zero-order valence-electron chi connectivity index (χ0n) is 11.7. The Kier molecular flexibility index (Phi) is 4.11. The second-order valence-corrected chi connectivity index (χ2v) is 6.99. The van der Waals surface area contributed by atoms with Crippen molar-refractivity contribution in [3.63, 3.8) is 0 Å². The molecule has 22 heavy (non-hydrogen) atoms. The first-order valence-corrected chi connectivity index (χ1v) is 7.98. The molecule has 3 atom stereocenters. The molecule has 3 rings (SSSR count). The molecule has 0 aromatic heterocycles. The number of aliphatic hydroxyl groups is 1. The molecule has 1 heterocycles. The van der Waals surface area contributed by atoms with Crippen molar-refractivity contribution < 1.29 is 23.1 Å². The van der Waals surface area contributed by atoms with E-state index in [1.165, 1.54) is 24.3 Å². The van der Waals surface area contributed by atoms with Crippen molar-refractivity contribution in [3.05, 3.63) is 29.8 Å². The molecule has 1 amide bonds. The van der Waals surface area contributed by atoms with Crippen molar-refractivity contribution in [2.45, 2.75) is 29.3 Å². The maximum Gasteiger partial charge on any atom is 0.446 e. The fourth-order valence-corrected chi connectivity index (χ4v) is 3.92. The highest BCUT2D eigenvalue weighted by Crippen LogP contribution is 2.39. The fourth-order valence-electron chi connectivity index (χ4n) is 3.38. The van der Waals surface area contributed by atoms with E-state index in [0.717, 1.165) is 12.8 Å². The predicted molar refractivity (Wildman–Crippen MR) is 76.5 cm³/mol. The molecule has 0 radical (unpaired) electrons. The number of halogens is 3. The highest BCUT2D eigenvalue weighted by molar-refractivity contribution is 8.00. The molecule has 120 valence electrons. The molecule has 1 saturated heterocycles. The van der Waals surface area contributed by atoms with Gasteiger partial charge in [0.15, 0.2) is 0 Å². The van der Waals surface area contributed by atoms with Gasteiger partial charge in [0.2, 0.25) is 0 Å². The van der Waals surface area contributed by atoms with Crippen LogP contribution in [0.5, 0.6) is 0 Å². The summed E-state index contributed by atoms with van der Waals surface area (Å²) >= 11 is -0.191. The summed E-state index contributed by atoms with van der Waals surface area (Å²) in [6.07, 6.45) is 1.38. The first-order chi connectivity index (χ1) is 10.3. The average molecular weight is 331 g/mol. The van der Waals surface area contributed by atoms with Gasteiger partial charge in [-0.05, 0) is 54.8 Å². The minimum absolute atomic E-state index is 0.0674. The van der Waals surface area contributed by atoms with Crippen LogP contribution in [0.25, 0.3) is 0 Å². The third kappa shape index (κ3) is 3.25. The first kappa shape index (κ1) is 15.7. The van der Waals surface area contributed by atoms with Crippen molar-refractivity contribution in [1.29, 1.82) is 0 Å². The lowest BCUT2D eigenvalue weighted by Crippen LogP contribution is -2.31. The smallest absolute Gasteiger partial charge is 0.393 e. The molecule has 2 aliphatic rings. The van der Waals surface area contributed by atoms with E-state index in [-0.39, 0.29) is 34.6 Å². The number of fused-ring (bicyclic) bond motifs is 1. The number of thioether (sulfide) groups is 1. The van der Waals surface area contributed by atoms with Crippen LogP contribution in [0.15, 0.2) is 29.2 Å². The SMILES string of the molecule is O=C(c1ccc(SC(F)(F)F)cc1)N1C[C@@H]2CC[C@@H](O)[C@H]2C1. The summed E-state index contributed by atoms with van der Waals surface area (Å²) in [7, 11) is 0. The van der Waals surface area contributed by atoms with E-state index in [1.807, 2.05) is 0 Å². The zero-order chi connectivity index (χ0) is 15.9. The monoisotopic (exact) mass is 331 g/mol. The van der Waals surface area contributed by atoms with Crippen molar-refractivity contribution in [2.24, 2.45) is 11.8 Å². The van der Waals surface area contributed by atoms with Crippen LogP contribution in [0, 0.1) is 11.8 Å². The van der Waals surface area contributed by atoms with Crippen LogP contribution in [-0.2, 0) is 0 Å². The second-order valence-electron chi connectivity index (χ2n) is 5.85. The molecule has 1 N–H and O–H groups in total. The molecule has 1 saturated carbocycles. The first-order valence-electron chi connectivity index (χ1n) is 7.16. The summed E-state index contributed by atoms with van der Waals surface area (Å²) in [5.41, 5.74) is -3.94. The Balaban J connectivity index is 1.66. The molecular weight excluding hydrogens is 315 g/mol. The number of hydrogen-bond donors (Lipinski definition) is 1. The number of hydrogen-bond acceptors (Lipinski definition) is 3. The minimum atomic E-state index is -4.33. The third-order valence-corrected chi connectivity index (χ3v) is 5.18. The third-order valence-electron chi connectivity index (χ3n) is 4.44. The van der Waals surface area contributed by atoms with Crippen molar-refractivity contribution >= 4 is 17.7 Å². The second kappa shape index (κ2) is 5.77. The number of likely N-dealkylation sites (tertiary alicyclic amines) is 1. The maximum absolute atomic E-state index is 12.4. The average Bonchev–Trinajstić information content (AvgIpc) is 3.00. The summed E-state index contributed by atoms with van der Waals surface area (Å²) in [5, 5.41) is 9.87. The van der Waals surface area contributed by atoms with Crippen molar-refractivity contribution in [3.8, 4) is 0 Å². The van der Waals surface area contributed by atoms with Crippen LogP contribution < -0.4 is 0 Å². The van der Waals surface area contributed by atoms with Crippen LogP contribution in [0.2, 0.25) is 0 Å². The molecule has 3 nitrogen and oxygen atoms in total. The van der Waals surface area contributed by atoms with Gasteiger partial charge in [0.25, 0.3) is 5.91 Å². The maximum atomic E-state index is 12.4. The van der Waals surface area contributed by atoms with Gasteiger partial charge in [-0.1, -0.05) is 0 Å². The molecule has 0 bridgehead atoms. The van der Waals surface area contributed by atoms with Gasteiger partial charge in [-0.15, -0.1) is 0 Å². The number of amides is 1. The van der Waals surface area contributed by atoms with E-state index in [1.54, 1.807) is 4.90 Å². The molecule has 0 unspecified atom stereocenters. The fraction of sp³-hybridized carbons (Fsp3) is 0.533. The van der Waals surface area contributed by atoms with Crippen molar-refractivity contribution in [1.82, 2.24) is 4.90 Å². The lowest BCUT2D eigenvalue weighted by atomic mass is 10.00. The highest BCUT2D eigenvalue weighted by Gasteiger charge is 2.43. The molecule has 2 fully saturated rings. The topological polar surface area (TPSA) is 40.5 Å². The van der Waals surface area contributed by atoms with Crippen LogP contribution >= 0.6 is 11.8 Å². The van der Waals surface area contributed by atoms with Gasteiger partial charge in [-0.3, -0.25) is 4.79 Å². The van der Waals surface area contributed by atoms with E-state index in [9.17, 15) is 23.1 Å². The Bertz CT molecular complexity index is 561. The van der Waals surface area contributed by atoms with Gasteiger partial charge < -0.3 is 10.0 Å². The van der Waals surface area contributed by atoms with Gasteiger partial charge in [-0.2, -0.15) is 13.2 Å². The van der Waals surface area contributed by atoms with Crippen LogP contribution in [0.4, 0.5) is 13.2 Å². The number of benzene rings is 1. The van der Waals surface area contributed by atoms with Gasteiger partial charge in [0.05, 0.1) is 6.10 Å². The lowest BCUT2D eigenvalue weighted by molar-refractivity contribution is -0.0328. The summed E-state index contributed by atoms with van der Waals surface area (Å²) in [6.45, 7) is 1.16. The lowest BCUT2D eigenvalue weighted by Gasteiger charge is -2.18. The molecule has 1 aliphatic carbocycles. The number of carbonyl (C=O) groups is 1. The van der Waals surface area contributed by atoms with Gasteiger partial charge in [-0.25, -0.2) is 0 Å². The number of aliphatic hydroxyl groups excluding tert-OH is 1. The normalized spacial score (nSPS) is 28.0. The Labute approximate surface area is 130 Å². The molecule has 7 heteroatoms. The van der Waals surface area contributed by atoms with Gasteiger partial charge >= 0.3 is 5.51 Å². The van der Waals surface area contributed by atoms with Crippen LogP contribution in [0.1, 0.15) is 23.2 Å². The molecular formula is C15H16F3NO2S. The largest absolute Gasteiger partial charge is 0.446 e. The van der Waals surface area contributed by atoms with E-state index < -0.39 is 5.51 Å².